The molecule has 1 unspecified atom stereocenters. The number of halogens is 3. The van der Waals surface area contributed by atoms with Crippen molar-refractivity contribution in [1.29, 1.82) is 0 Å². The lowest BCUT2D eigenvalue weighted by Crippen LogP contribution is -2.25. The number of fused-ring (bicyclic) bond motifs is 1. The summed E-state index contributed by atoms with van der Waals surface area (Å²) in [5, 5.41) is 10.0. The van der Waals surface area contributed by atoms with E-state index in [4.69, 9.17) is 9.84 Å². The molecule has 0 radical (unpaired) electrons. The molecule has 9 heteroatoms. The Morgan fingerprint density at radius 2 is 1.83 bits per heavy atom. The molecule has 0 bridgehead atoms. The Hall–Kier alpha value is -3.33. The number of aliphatic hydroxyl groups is 1. The minimum absolute atomic E-state index is 0.169. The number of H-pyrrole nitrogens is 1. The molecule has 4 rings (SSSR count). The maximum Gasteiger partial charge on any atom is 0.416 e. The van der Waals surface area contributed by atoms with Gasteiger partial charge in [0.2, 0.25) is 0 Å². The summed E-state index contributed by atoms with van der Waals surface area (Å²) in [7, 11) is 0. The molecule has 1 aliphatic heterocycles. The highest BCUT2D eigenvalue weighted by molar-refractivity contribution is 5.94. The monoisotopic (exact) mass is 404 g/mol. The summed E-state index contributed by atoms with van der Waals surface area (Å²) in [5.41, 5.74) is 0.0596. The van der Waals surface area contributed by atoms with E-state index in [0.29, 0.717) is 27.7 Å². The third-order valence-corrected chi connectivity index (χ3v) is 4.74. The fourth-order valence-electron chi connectivity index (χ4n) is 3.24. The van der Waals surface area contributed by atoms with Gasteiger partial charge in [-0.25, -0.2) is 4.79 Å². The van der Waals surface area contributed by atoms with Gasteiger partial charge in [-0.3, -0.25) is 9.69 Å². The third kappa shape index (κ3) is 3.56. The van der Waals surface area contributed by atoms with Gasteiger partial charge >= 0.3 is 12.3 Å². The zero-order chi connectivity index (χ0) is 20.8. The summed E-state index contributed by atoms with van der Waals surface area (Å²) in [6.45, 7) is -0.130. The summed E-state index contributed by atoms with van der Waals surface area (Å²) in [6, 6.07) is 11.0. The smallest absolute Gasteiger partial charge is 0.416 e. The molecule has 6 nitrogen and oxygen atoms in total. The Balaban J connectivity index is 1.70. The van der Waals surface area contributed by atoms with Gasteiger partial charge in [-0.1, -0.05) is 18.2 Å². The number of rotatable bonds is 3. The Morgan fingerprint density at radius 1 is 1.10 bits per heavy atom. The standard InChI is InChI=1S/C20H15F3N2O4/c21-20(22,23)13-4-1-11(2-5-13)17-7-12-3-6-14(8-16(12)18(27)24-17)25-9-15(10-26)29-19(25)28/h1-8,15,26H,9-10H2,(H,24,27). The number of aromatic amines is 1. The molecule has 2 heterocycles. The number of anilines is 1. The number of hydrogen-bond donors (Lipinski definition) is 2. The number of hydrogen-bond acceptors (Lipinski definition) is 4. The highest BCUT2D eigenvalue weighted by Crippen LogP contribution is 2.31. The van der Waals surface area contributed by atoms with Crippen LogP contribution in [-0.2, 0) is 10.9 Å². The van der Waals surface area contributed by atoms with Crippen molar-refractivity contribution in [3.63, 3.8) is 0 Å². The molecule has 0 spiro atoms. The predicted molar refractivity (Wildman–Crippen MR) is 99.7 cm³/mol. The maximum absolute atomic E-state index is 12.7. The van der Waals surface area contributed by atoms with E-state index in [1.165, 1.54) is 23.1 Å². The summed E-state index contributed by atoms with van der Waals surface area (Å²) in [4.78, 5) is 28.5. The second-order valence-corrected chi connectivity index (χ2v) is 6.66. The van der Waals surface area contributed by atoms with Gasteiger partial charge < -0.3 is 14.8 Å². The van der Waals surface area contributed by atoms with E-state index in [2.05, 4.69) is 4.98 Å². The number of alkyl halides is 3. The number of carbonyl (C=O) groups excluding carboxylic acids is 1. The molecule has 1 fully saturated rings. The first-order valence-electron chi connectivity index (χ1n) is 8.70. The minimum Gasteiger partial charge on any atom is -0.441 e. The topological polar surface area (TPSA) is 82.6 Å². The molecule has 2 aromatic carbocycles. The van der Waals surface area contributed by atoms with E-state index < -0.39 is 29.5 Å². The van der Waals surface area contributed by atoms with Crippen molar-refractivity contribution in [2.24, 2.45) is 0 Å². The third-order valence-electron chi connectivity index (χ3n) is 4.74. The van der Waals surface area contributed by atoms with Crippen LogP contribution in [0.5, 0.6) is 0 Å². The average molecular weight is 404 g/mol. The number of nitrogens with zero attached hydrogens (tertiary/aromatic N) is 1. The Labute approximate surface area is 162 Å². The zero-order valence-corrected chi connectivity index (χ0v) is 14.9. The molecule has 29 heavy (non-hydrogen) atoms. The first-order chi connectivity index (χ1) is 13.8. The van der Waals surface area contributed by atoms with Crippen LogP contribution < -0.4 is 10.5 Å². The van der Waals surface area contributed by atoms with Gasteiger partial charge in [-0.05, 0) is 41.3 Å². The SMILES string of the molecule is O=C1OC(CO)CN1c1ccc2cc(-c3ccc(C(F)(F)F)cc3)[nH]c(=O)c2c1. The van der Waals surface area contributed by atoms with Gasteiger partial charge in [0.05, 0.1) is 18.7 Å². The summed E-state index contributed by atoms with van der Waals surface area (Å²) < 4.78 is 43.2. The van der Waals surface area contributed by atoms with E-state index in [-0.39, 0.29) is 13.2 Å². The summed E-state index contributed by atoms with van der Waals surface area (Å²) in [6.07, 6.45) is -5.67. The van der Waals surface area contributed by atoms with Crippen LogP contribution in [0.25, 0.3) is 22.0 Å². The van der Waals surface area contributed by atoms with Crippen LogP contribution in [0, 0.1) is 0 Å². The van der Waals surface area contributed by atoms with Gasteiger partial charge in [0, 0.05) is 16.8 Å². The van der Waals surface area contributed by atoms with E-state index >= 15 is 0 Å². The molecule has 1 atom stereocenters. The number of amides is 1. The quantitative estimate of drug-likeness (QED) is 0.700. The van der Waals surface area contributed by atoms with Crippen LogP contribution in [-0.4, -0.2) is 35.4 Å². The predicted octanol–water partition coefficient (Wildman–Crippen LogP) is 3.53. The highest BCUT2D eigenvalue weighted by atomic mass is 19.4. The number of pyridine rings is 1. The number of benzene rings is 2. The summed E-state index contributed by atoms with van der Waals surface area (Å²) in [5.74, 6) is 0. The highest BCUT2D eigenvalue weighted by Gasteiger charge is 2.32. The van der Waals surface area contributed by atoms with Crippen LogP contribution in [0.1, 0.15) is 5.56 Å². The number of carbonyl (C=O) groups is 1. The normalized spacial score (nSPS) is 17.0. The van der Waals surface area contributed by atoms with Gasteiger partial charge in [0.15, 0.2) is 0 Å². The number of nitrogens with one attached hydrogen (secondary N) is 1. The first kappa shape index (κ1) is 19.0. The number of cyclic esters (lactones) is 1. The van der Waals surface area contributed by atoms with Crippen LogP contribution in [0.15, 0.2) is 53.3 Å². The van der Waals surface area contributed by atoms with Crippen LogP contribution in [0.2, 0.25) is 0 Å². The Kier molecular flexibility index (Phi) is 4.54. The molecule has 1 aliphatic rings. The van der Waals surface area contributed by atoms with Crippen molar-refractivity contribution < 1.29 is 27.8 Å². The molecule has 1 aromatic heterocycles. The van der Waals surface area contributed by atoms with Gasteiger partial charge in [0.25, 0.3) is 5.56 Å². The van der Waals surface area contributed by atoms with Crippen molar-refractivity contribution in [3.05, 3.63) is 64.4 Å². The van der Waals surface area contributed by atoms with Gasteiger partial charge in [-0.15, -0.1) is 0 Å². The van der Waals surface area contributed by atoms with E-state index in [9.17, 15) is 22.8 Å². The molecular weight excluding hydrogens is 389 g/mol. The number of aromatic nitrogens is 1. The fourth-order valence-corrected chi connectivity index (χ4v) is 3.24. The minimum atomic E-state index is -4.43. The second-order valence-electron chi connectivity index (χ2n) is 6.66. The zero-order valence-electron chi connectivity index (χ0n) is 14.9. The average Bonchev–Trinajstić information content (AvgIpc) is 3.08. The fraction of sp³-hybridized carbons (Fsp3) is 0.200. The molecule has 1 saturated heterocycles. The molecule has 2 N–H and O–H groups in total. The van der Waals surface area contributed by atoms with Crippen LogP contribution >= 0.6 is 0 Å². The molecule has 1 amide bonds. The molecular formula is C20H15F3N2O4. The molecule has 0 aliphatic carbocycles. The maximum atomic E-state index is 12.7. The van der Waals surface area contributed by atoms with Crippen molar-refractivity contribution in [2.75, 3.05) is 18.1 Å². The molecule has 0 saturated carbocycles. The van der Waals surface area contributed by atoms with Gasteiger partial charge in [0.1, 0.15) is 6.10 Å². The number of aliphatic hydroxyl groups excluding tert-OH is 1. The Bertz CT molecular complexity index is 1140. The van der Waals surface area contributed by atoms with E-state index in [1.54, 1.807) is 18.2 Å². The van der Waals surface area contributed by atoms with Crippen molar-refractivity contribution in [3.8, 4) is 11.3 Å². The second kappa shape index (κ2) is 6.93. The van der Waals surface area contributed by atoms with Crippen LogP contribution in [0.4, 0.5) is 23.7 Å². The lowest BCUT2D eigenvalue weighted by atomic mass is 10.0. The lowest BCUT2D eigenvalue weighted by Gasteiger charge is -2.14. The van der Waals surface area contributed by atoms with Crippen molar-refractivity contribution >= 4 is 22.6 Å². The summed E-state index contributed by atoms with van der Waals surface area (Å²) >= 11 is 0. The van der Waals surface area contributed by atoms with E-state index in [1.807, 2.05) is 0 Å². The molecule has 3 aromatic rings. The first-order valence-corrected chi connectivity index (χ1v) is 8.70. The lowest BCUT2D eigenvalue weighted by molar-refractivity contribution is -0.137. The molecule has 150 valence electrons. The van der Waals surface area contributed by atoms with E-state index in [0.717, 1.165) is 12.1 Å². The van der Waals surface area contributed by atoms with Crippen molar-refractivity contribution in [1.82, 2.24) is 4.98 Å². The van der Waals surface area contributed by atoms with Gasteiger partial charge in [-0.2, -0.15) is 13.2 Å². The van der Waals surface area contributed by atoms with Crippen molar-refractivity contribution in [2.45, 2.75) is 12.3 Å². The number of ether oxygens (including phenoxy) is 1. The van der Waals surface area contributed by atoms with Crippen LogP contribution in [0.3, 0.4) is 0 Å². The largest absolute Gasteiger partial charge is 0.441 e. The Morgan fingerprint density at radius 3 is 2.45 bits per heavy atom.